The van der Waals surface area contributed by atoms with E-state index in [9.17, 15) is 10.1 Å². The van der Waals surface area contributed by atoms with E-state index in [1.165, 1.54) is 4.90 Å². The molecule has 1 unspecified atom stereocenters. The van der Waals surface area contributed by atoms with Crippen LogP contribution in [-0.2, 0) is 16.8 Å². The number of aliphatic imine (C=N–C) groups is 1. The maximum atomic E-state index is 13.3. The first-order valence-corrected chi connectivity index (χ1v) is 11.9. The zero-order valence-corrected chi connectivity index (χ0v) is 20.0. The fourth-order valence-electron chi connectivity index (χ4n) is 4.44. The zero-order valence-electron chi connectivity index (χ0n) is 19.2. The normalized spacial score (nSPS) is 19.9. The fraction of sp³-hybridized carbons (Fsp3) is 0.259. The highest BCUT2D eigenvalue weighted by Gasteiger charge is 2.46. The Labute approximate surface area is 203 Å². The lowest BCUT2D eigenvalue weighted by Gasteiger charge is -2.40. The highest BCUT2D eigenvalue weighted by atomic mass is 32.1. The van der Waals surface area contributed by atoms with Gasteiger partial charge in [0.25, 0.3) is 0 Å². The number of benzene rings is 2. The Hall–Kier alpha value is -3.94. The van der Waals surface area contributed by atoms with E-state index in [1.807, 2.05) is 48.7 Å². The monoisotopic (exact) mass is 467 g/mol. The van der Waals surface area contributed by atoms with E-state index in [4.69, 9.17) is 16.0 Å². The van der Waals surface area contributed by atoms with E-state index in [2.05, 4.69) is 18.2 Å². The Morgan fingerprint density at radius 3 is 2.53 bits per heavy atom. The number of nitrogens with zero attached hydrogens (tertiary/aromatic N) is 4. The molecule has 4 rings (SSSR count). The molecule has 0 aliphatic carbocycles. The van der Waals surface area contributed by atoms with Crippen LogP contribution in [0.5, 0.6) is 0 Å². The third-order valence-corrected chi connectivity index (χ3v) is 7.59. The fourth-order valence-corrected chi connectivity index (χ4v) is 5.52. The second kappa shape index (κ2) is 9.51. The van der Waals surface area contributed by atoms with Crippen molar-refractivity contribution < 1.29 is 4.79 Å². The predicted octanol–water partition coefficient (Wildman–Crippen LogP) is 4.80. The molecular formula is C27H25N5OS. The molecule has 3 aromatic rings. The first-order chi connectivity index (χ1) is 16.4. The zero-order chi connectivity index (χ0) is 24.3. The molecule has 0 bridgehead atoms. The Kier molecular flexibility index (Phi) is 6.49. The van der Waals surface area contributed by atoms with Gasteiger partial charge in [0.2, 0.25) is 5.91 Å². The van der Waals surface area contributed by atoms with Gasteiger partial charge in [-0.1, -0.05) is 24.3 Å². The van der Waals surface area contributed by atoms with E-state index in [0.29, 0.717) is 17.5 Å². The van der Waals surface area contributed by atoms with E-state index < -0.39 is 5.54 Å². The Bertz CT molecular complexity index is 1350. The summed E-state index contributed by atoms with van der Waals surface area (Å²) in [5, 5.41) is 20.4. The highest BCUT2D eigenvalue weighted by Crippen LogP contribution is 2.44. The lowest BCUT2D eigenvalue weighted by atomic mass is 9.78. The van der Waals surface area contributed by atoms with E-state index >= 15 is 0 Å². The molecule has 7 heteroatoms. The summed E-state index contributed by atoms with van der Waals surface area (Å²) in [5.74, 6) is -0.185. The molecule has 6 nitrogen and oxygen atoms in total. The molecule has 1 aliphatic heterocycles. The van der Waals surface area contributed by atoms with Crippen LogP contribution in [0.4, 0.5) is 0 Å². The number of rotatable bonds is 6. The number of thiophene rings is 1. The molecular weight excluding hydrogens is 442 g/mol. The van der Waals surface area contributed by atoms with E-state index in [1.54, 1.807) is 30.5 Å². The van der Waals surface area contributed by atoms with Gasteiger partial charge in [-0.05, 0) is 78.6 Å². The Morgan fingerprint density at radius 1 is 1.09 bits per heavy atom. The first kappa shape index (κ1) is 23.2. The van der Waals surface area contributed by atoms with Crippen molar-refractivity contribution in [2.45, 2.75) is 31.7 Å². The maximum Gasteiger partial charge on any atom is 0.234 e. The number of hydrogen-bond donors (Lipinski definition) is 1. The second-order valence-corrected chi connectivity index (χ2v) is 9.58. The van der Waals surface area contributed by atoms with Gasteiger partial charge in [-0.15, -0.1) is 11.3 Å². The average molecular weight is 468 g/mol. The molecule has 0 radical (unpaired) electrons. The number of guanidine groups is 1. The number of carbonyl (C=O) groups excluding carboxylic acids is 1. The molecule has 0 fully saturated rings. The largest absolute Gasteiger partial charge is 0.369 e. The van der Waals surface area contributed by atoms with Crippen molar-refractivity contribution in [2.24, 2.45) is 16.6 Å². The molecule has 1 aliphatic rings. The van der Waals surface area contributed by atoms with Crippen LogP contribution in [0, 0.1) is 28.6 Å². The van der Waals surface area contributed by atoms with E-state index in [-0.39, 0.29) is 17.8 Å². The van der Waals surface area contributed by atoms with Crippen molar-refractivity contribution in [3.05, 3.63) is 81.5 Å². The summed E-state index contributed by atoms with van der Waals surface area (Å²) in [4.78, 5) is 20.5. The number of amides is 1. The van der Waals surface area contributed by atoms with Crippen molar-refractivity contribution in [1.29, 1.82) is 10.5 Å². The maximum absolute atomic E-state index is 13.3. The van der Waals surface area contributed by atoms with Gasteiger partial charge >= 0.3 is 0 Å². The minimum Gasteiger partial charge on any atom is -0.369 e. The molecule has 0 saturated heterocycles. The predicted molar refractivity (Wildman–Crippen MR) is 134 cm³/mol. The second-order valence-electron chi connectivity index (χ2n) is 8.66. The van der Waals surface area contributed by atoms with Gasteiger partial charge in [-0.2, -0.15) is 10.5 Å². The highest BCUT2D eigenvalue weighted by molar-refractivity contribution is 7.10. The summed E-state index contributed by atoms with van der Waals surface area (Å²) in [6.45, 7) is 1.98. The van der Waals surface area contributed by atoms with Crippen molar-refractivity contribution in [3.63, 3.8) is 0 Å². The Balaban J connectivity index is 1.62. The van der Waals surface area contributed by atoms with Gasteiger partial charge in [-0.3, -0.25) is 9.69 Å². The van der Waals surface area contributed by atoms with Crippen LogP contribution < -0.4 is 5.73 Å². The quantitative estimate of drug-likeness (QED) is 0.562. The molecule has 34 heavy (non-hydrogen) atoms. The van der Waals surface area contributed by atoms with Crippen molar-refractivity contribution in [3.8, 4) is 23.3 Å². The molecule has 170 valence electrons. The first-order valence-electron chi connectivity index (χ1n) is 11.1. The smallest absolute Gasteiger partial charge is 0.234 e. The lowest BCUT2D eigenvalue weighted by Crippen LogP contribution is -2.53. The van der Waals surface area contributed by atoms with Gasteiger partial charge in [0, 0.05) is 11.9 Å². The van der Waals surface area contributed by atoms with Crippen LogP contribution in [0.15, 0.2) is 65.0 Å². The van der Waals surface area contributed by atoms with Gasteiger partial charge in [-0.25, -0.2) is 4.99 Å². The molecule has 0 saturated carbocycles. The van der Waals surface area contributed by atoms with Crippen LogP contribution in [0.3, 0.4) is 0 Å². The third-order valence-electron chi connectivity index (χ3n) is 6.44. The van der Waals surface area contributed by atoms with Crippen LogP contribution in [0.2, 0.25) is 0 Å². The summed E-state index contributed by atoms with van der Waals surface area (Å²) < 4.78 is 0. The van der Waals surface area contributed by atoms with Crippen LogP contribution >= 0.6 is 11.3 Å². The summed E-state index contributed by atoms with van der Waals surface area (Å²) in [6.07, 6.45) is 2.20. The molecule has 0 spiro atoms. The number of hydrogen-bond acceptors (Lipinski definition) is 6. The summed E-state index contributed by atoms with van der Waals surface area (Å²) in [6, 6.07) is 21.5. The number of aryl methyl sites for hydroxylation is 1. The lowest BCUT2D eigenvalue weighted by molar-refractivity contribution is -0.134. The SMILES string of the molecule is CN1C(=O)C(CCCc2cccc(C#N)c2)[C@@](C)(c2cc(-c3cccc(C#N)c3)cs2)N=C1N. The number of nitrogens with two attached hydrogens (primary N) is 1. The number of carbonyl (C=O) groups is 1. The van der Waals surface area contributed by atoms with Crippen LogP contribution in [0.25, 0.3) is 11.1 Å². The van der Waals surface area contributed by atoms with E-state index in [0.717, 1.165) is 34.4 Å². The molecule has 1 amide bonds. The minimum atomic E-state index is -0.780. The van der Waals surface area contributed by atoms with Gasteiger partial charge in [0.05, 0.1) is 29.2 Å². The standard InChI is InChI=1S/C27H25N5OS/c1-27(24-14-22(17-34-24)21-10-4-9-20(13-21)16-29)23(25(33)32(2)26(30)31-27)11-5-7-18-6-3-8-19(12-18)15-28/h3-4,6,8-10,12-14,17,23H,5,7,11H2,1-2H3,(H2,30,31)/t23?,27-/m0/s1. The summed E-state index contributed by atoms with van der Waals surface area (Å²) in [5.41, 5.74) is 9.63. The molecule has 2 atom stereocenters. The molecule has 1 aromatic heterocycles. The van der Waals surface area contributed by atoms with Crippen LogP contribution in [0.1, 0.15) is 41.3 Å². The third kappa shape index (κ3) is 4.44. The molecule has 2 heterocycles. The van der Waals surface area contributed by atoms with Crippen LogP contribution in [-0.4, -0.2) is 23.8 Å². The molecule has 2 aromatic carbocycles. The van der Waals surface area contributed by atoms with Crippen molar-refractivity contribution in [1.82, 2.24) is 4.90 Å². The van der Waals surface area contributed by atoms with Gasteiger partial charge in [0.1, 0.15) is 5.54 Å². The van der Waals surface area contributed by atoms with Gasteiger partial charge < -0.3 is 5.73 Å². The van der Waals surface area contributed by atoms with Crippen molar-refractivity contribution >= 4 is 23.2 Å². The number of nitriles is 2. The Morgan fingerprint density at radius 2 is 1.79 bits per heavy atom. The average Bonchev–Trinajstić information content (AvgIpc) is 3.36. The van der Waals surface area contributed by atoms with Crippen molar-refractivity contribution in [2.75, 3.05) is 7.05 Å². The summed E-state index contributed by atoms with van der Waals surface area (Å²) in [7, 11) is 1.66. The topological polar surface area (TPSA) is 106 Å². The molecule has 2 N–H and O–H groups in total. The summed E-state index contributed by atoms with van der Waals surface area (Å²) >= 11 is 1.55. The van der Waals surface area contributed by atoms with Gasteiger partial charge in [0.15, 0.2) is 5.96 Å². The minimum absolute atomic E-state index is 0.0396.